The van der Waals surface area contributed by atoms with Crippen LogP contribution in [0.2, 0.25) is 0 Å². The first-order valence-electron chi connectivity index (χ1n) is 6.02. The number of nitrogens with zero attached hydrogens (tertiary/aromatic N) is 3. The number of hydrogen-bond acceptors (Lipinski definition) is 4. The molecule has 1 unspecified atom stereocenters. The van der Waals surface area contributed by atoms with Crippen LogP contribution in [0.4, 0.5) is 11.5 Å². The van der Waals surface area contributed by atoms with Crippen molar-refractivity contribution in [3.63, 3.8) is 0 Å². The molecule has 0 radical (unpaired) electrons. The largest absolute Gasteiger partial charge is 0.360 e. The Balaban J connectivity index is 2.09. The van der Waals surface area contributed by atoms with Crippen LogP contribution in [-0.2, 0) is 7.05 Å². The molecule has 1 fully saturated rings. The Bertz CT molecular complexity index is 410. The molecule has 1 N–H and O–H groups in total. The van der Waals surface area contributed by atoms with Crippen molar-refractivity contribution in [3.8, 4) is 0 Å². The Morgan fingerprint density at radius 2 is 2.24 bits per heavy atom. The van der Waals surface area contributed by atoms with Gasteiger partial charge in [-0.05, 0) is 25.7 Å². The Morgan fingerprint density at radius 3 is 2.82 bits per heavy atom. The number of hydrogen-bond donors (Lipinski definition) is 1. The quantitative estimate of drug-likeness (QED) is 0.645. The highest BCUT2D eigenvalue weighted by atomic mass is 16.6. The summed E-state index contributed by atoms with van der Waals surface area (Å²) < 4.78 is 1.47. The van der Waals surface area contributed by atoms with E-state index in [4.69, 9.17) is 0 Å². The fourth-order valence-corrected chi connectivity index (χ4v) is 2.50. The lowest BCUT2D eigenvalue weighted by Gasteiger charge is -2.19. The molecule has 0 aliphatic heterocycles. The molecule has 2 rings (SSSR count). The normalized spacial score (nSPS) is 18.2. The van der Waals surface area contributed by atoms with E-state index in [0.717, 1.165) is 0 Å². The fourth-order valence-electron chi connectivity index (χ4n) is 2.50. The van der Waals surface area contributed by atoms with Crippen molar-refractivity contribution in [2.24, 2.45) is 13.0 Å². The van der Waals surface area contributed by atoms with Crippen LogP contribution in [0.15, 0.2) is 6.20 Å². The Kier molecular flexibility index (Phi) is 3.31. The lowest BCUT2D eigenvalue weighted by molar-refractivity contribution is -0.384. The molecule has 94 valence electrons. The van der Waals surface area contributed by atoms with Crippen LogP contribution < -0.4 is 5.32 Å². The van der Waals surface area contributed by atoms with Crippen LogP contribution in [0, 0.1) is 16.0 Å². The maximum atomic E-state index is 10.9. The molecule has 0 saturated heterocycles. The number of anilines is 1. The summed E-state index contributed by atoms with van der Waals surface area (Å²) in [7, 11) is 1.69. The molecular formula is C11H18N4O2. The van der Waals surface area contributed by atoms with Crippen molar-refractivity contribution in [1.82, 2.24) is 9.78 Å². The summed E-state index contributed by atoms with van der Waals surface area (Å²) in [4.78, 5) is 10.5. The minimum Gasteiger partial charge on any atom is -0.360 e. The zero-order valence-electron chi connectivity index (χ0n) is 10.2. The summed E-state index contributed by atoms with van der Waals surface area (Å²) >= 11 is 0. The molecule has 0 aromatic carbocycles. The molecular weight excluding hydrogens is 220 g/mol. The molecule has 1 saturated carbocycles. The van der Waals surface area contributed by atoms with Gasteiger partial charge in [0.2, 0.25) is 5.82 Å². The van der Waals surface area contributed by atoms with Gasteiger partial charge < -0.3 is 5.32 Å². The van der Waals surface area contributed by atoms with Crippen molar-refractivity contribution in [2.45, 2.75) is 38.6 Å². The molecule has 1 atom stereocenters. The first-order valence-corrected chi connectivity index (χ1v) is 6.02. The molecule has 1 aromatic rings. The fraction of sp³-hybridized carbons (Fsp3) is 0.727. The topological polar surface area (TPSA) is 73.0 Å². The molecule has 0 bridgehead atoms. The number of rotatable bonds is 4. The Morgan fingerprint density at radius 1 is 1.59 bits per heavy atom. The van der Waals surface area contributed by atoms with Crippen molar-refractivity contribution in [2.75, 3.05) is 5.32 Å². The second-order valence-corrected chi connectivity index (χ2v) is 4.77. The zero-order chi connectivity index (χ0) is 12.4. The Labute approximate surface area is 100 Å². The highest BCUT2D eigenvalue weighted by Gasteiger charge is 2.25. The van der Waals surface area contributed by atoms with Gasteiger partial charge in [0.1, 0.15) is 6.20 Å². The summed E-state index contributed by atoms with van der Waals surface area (Å²) in [6.45, 7) is 2.08. The van der Waals surface area contributed by atoms with Crippen molar-refractivity contribution >= 4 is 11.5 Å². The number of nitro groups is 1. The van der Waals surface area contributed by atoms with Crippen LogP contribution in [-0.4, -0.2) is 20.7 Å². The van der Waals surface area contributed by atoms with Crippen LogP contribution in [0.1, 0.15) is 32.6 Å². The first-order chi connectivity index (χ1) is 8.08. The molecule has 6 nitrogen and oxygen atoms in total. The van der Waals surface area contributed by atoms with E-state index < -0.39 is 4.92 Å². The van der Waals surface area contributed by atoms with E-state index >= 15 is 0 Å². The SMILES string of the molecule is CC(Nc1nn(C)cc1[N+](=O)[O-])C1CCCC1. The second kappa shape index (κ2) is 4.73. The van der Waals surface area contributed by atoms with E-state index in [2.05, 4.69) is 17.3 Å². The molecule has 0 amide bonds. The molecule has 1 heterocycles. The van der Waals surface area contributed by atoms with Gasteiger partial charge in [0.05, 0.1) is 4.92 Å². The molecule has 6 heteroatoms. The van der Waals surface area contributed by atoms with Crippen LogP contribution in [0.5, 0.6) is 0 Å². The predicted molar refractivity (Wildman–Crippen MR) is 64.9 cm³/mol. The third-order valence-corrected chi connectivity index (χ3v) is 3.48. The van der Waals surface area contributed by atoms with E-state index in [-0.39, 0.29) is 11.7 Å². The summed E-state index contributed by atoms with van der Waals surface area (Å²) in [5.41, 5.74) is 0.0531. The Hall–Kier alpha value is -1.59. The predicted octanol–water partition coefficient (Wildman–Crippen LogP) is 2.32. The molecule has 1 aliphatic rings. The maximum Gasteiger partial charge on any atom is 0.330 e. The number of aromatic nitrogens is 2. The number of nitrogens with one attached hydrogen (secondary N) is 1. The van der Waals surface area contributed by atoms with Crippen molar-refractivity contribution in [3.05, 3.63) is 16.3 Å². The maximum absolute atomic E-state index is 10.9. The minimum absolute atomic E-state index is 0.0531. The highest BCUT2D eigenvalue weighted by Crippen LogP contribution is 2.30. The van der Waals surface area contributed by atoms with Crippen molar-refractivity contribution in [1.29, 1.82) is 0 Å². The van der Waals surface area contributed by atoms with Gasteiger partial charge in [-0.1, -0.05) is 12.8 Å². The van der Waals surface area contributed by atoms with Gasteiger partial charge in [-0.25, -0.2) is 0 Å². The van der Waals surface area contributed by atoms with Gasteiger partial charge in [0, 0.05) is 13.1 Å². The van der Waals surface area contributed by atoms with E-state index in [1.165, 1.54) is 36.6 Å². The first kappa shape index (κ1) is 11.9. The van der Waals surface area contributed by atoms with Gasteiger partial charge in [0.15, 0.2) is 0 Å². The monoisotopic (exact) mass is 238 g/mol. The average Bonchev–Trinajstić information content (AvgIpc) is 2.86. The zero-order valence-corrected chi connectivity index (χ0v) is 10.2. The third kappa shape index (κ3) is 2.57. The summed E-state index contributed by atoms with van der Waals surface area (Å²) in [5, 5.41) is 18.1. The highest BCUT2D eigenvalue weighted by molar-refractivity contribution is 5.55. The van der Waals surface area contributed by atoms with Crippen LogP contribution >= 0.6 is 0 Å². The van der Waals surface area contributed by atoms with E-state index in [1.807, 2.05) is 0 Å². The van der Waals surface area contributed by atoms with Crippen molar-refractivity contribution < 1.29 is 4.92 Å². The summed E-state index contributed by atoms with van der Waals surface area (Å²) in [6.07, 6.45) is 6.37. The van der Waals surface area contributed by atoms with Gasteiger partial charge in [-0.2, -0.15) is 0 Å². The molecule has 17 heavy (non-hydrogen) atoms. The van der Waals surface area contributed by atoms with Gasteiger partial charge in [-0.15, -0.1) is 5.10 Å². The molecule has 1 aliphatic carbocycles. The average molecular weight is 238 g/mol. The smallest absolute Gasteiger partial charge is 0.330 e. The van der Waals surface area contributed by atoms with Gasteiger partial charge in [-0.3, -0.25) is 14.8 Å². The van der Waals surface area contributed by atoms with E-state index in [1.54, 1.807) is 7.05 Å². The number of aryl methyl sites for hydroxylation is 1. The van der Waals surface area contributed by atoms with Crippen LogP contribution in [0.25, 0.3) is 0 Å². The third-order valence-electron chi connectivity index (χ3n) is 3.48. The molecule has 1 aromatic heterocycles. The summed E-state index contributed by atoms with van der Waals surface area (Å²) in [5.74, 6) is 0.994. The minimum atomic E-state index is -0.392. The van der Waals surface area contributed by atoms with Gasteiger partial charge >= 0.3 is 5.69 Å². The second-order valence-electron chi connectivity index (χ2n) is 4.77. The van der Waals surface area contributed by atoms with E-state index in [9.17, 15) is 10.1 Å². The van der Waals surface area contributed by atoms with Crippen LogP contribution in [0.3, 0.4) is 0 Å². The molecule has 0 spiro atoms. The summed E-state index contributed by atoms with van der Waals surface area (Å²) in [6, 6.07) is 0.242. The van der Waals surface area contributed by atoms with E-state index in [0.29, 0.717) is 11.7 Å². The lowest BCUT2D eigenvalue weighted by Crippen LogP contribution is -2.24. The van der Waals surface area contributed by atoms with Gasteiger partial charge in [0.25, 0.3) is 0 Å². The standard InChI is InChI=1S/C11H18N4O2/c1-8(9-5-3-4-6-9)12-11-10(15(16)17)7-14(2)13-11/h7-9H,3-6H2,1-2H3,(H,12,13). The lowest BCUT2D eigenvalue weighted by atomic mass is 10.00.